The van der Waals surface area contributed by atoms with Gasteiger partial charge in [-0.2, -0.15) is 0 Å². The third-order valence-corrected chi connectivity index (χ3v) is 3.64. The molecule has 0 aliphatic heterocycles. The fraction of sp³-hybridized carbons (Fsp3) is 0.300. The molecule has 1 amide bonds. The van der Waals surface area contributed by atoms with Crippen molar-refractivity contribution in [3.05, 3.63) is 30.1 Å². The molecule has 0 heterocycles. The summed E-state index contributed by atoms with van der Waals surface area (Å²) in [5.41, 5.74) is -0.0250. The average molecular weight is 245 g/mol. The van der Waals surface area contributed by atoms with Gasteiger partial charge in [-0.3, -0.25) is 4.79 Å². The molecule has 4 nitrogen and oxygen atoms in total. The Balaban J connectivity index is 2.84. The lowest BCUT2D eigenvalue weighted by Gasteiger charge is -2.10. The number of hydrogen-bond donors (Lipinski definition) is 1. The molecule has 1 aromatic carbocycles. The van der Waals surface area contributed by atoms with Gasteiger partial charge in [0.15, 0.2) is 9.84 Å². The first-order valence-corrected chi connectivity index (χ1v) is 6.52. The van der Waals surface area contributed by atoms with Crippen LogP contribution in [0.1, 0.15) is 6.92 Å². The van der Waals surface area contributed by atoms with Gasteiger partial charge in [0.05, 0.1) is 5.69 Å². The number of hydrogen-bond acceptors (Lipinski definition) is 3. The number of amides is 1. The molecule has 1 aromatic rings. The lowest BCUT2D eigenvalue weighted by Crippen LogP contribution is -2.32. The van der Waals surface area contributed by atoms with Crippen LogP contribution in [0.5, 0.6) is 0 Å². The highest BCUT2D eigenvalue weighted by Gasteiger charge is 2.23. The van der Waals surface area contributed by atoms with E-state index in [0.29, 0.717) is 0 Å². The summed E-state index contributed by atoms with van der Waals surface area (Å²) in [6.07, 6.45) is 0.957. The van der Waals surface area contributed by atoms with Gasteiger partial charge in [0, 0.05) is 6.26 Å². The van der Waals surface area contributed by atoms with Gasteiger partial charge in [-0.15, -0.1) is 0 Å². The quantitative estimate of drug-likeness (QED) is 0.870. The summed E-state index contributed by atoms with van der Waals surface area (Å²) < 4.78 is 35.3. The van der Waals surface area contributed by atoms with E-state index in [4.69, 9.17) is 0 Å². The van der Waals surface area contributed by atoms with Crippen LogP contribution in [0.25, 0.3) is 0 Å². The molecule has 0 fully saturated rings. The van der Waals surface area contributed by atoms with Gasteiger partial charge in [-0.05, 0) is 19.1 Å². The summed E-state index contributed by atoms with van der Waals surface area (Å²) in [5.74, 6) is -1.34. The first-order chi connectivity index (χ1) is 7.32. The van der Waals surface area contributed by atoms with E-state index >= 15 is 0 Å². The van der Waals surface area contributed by atoms with Crippen molar-refractivity contribution >= 4 is 21.4 Å². The van der Waals surface area contributed by atoms with Crippen molar-refractivity contribution in [2.45, 2.75) is 12.2 Å². The van der Waals surface area contributed by atoms with Crippen molar-refractivity contribution in [2.75, 3.05) is 11.6 Å². The lowest BCUT2D eigenvalue weighted by molar-refractivity contribution is -0.115. The smallest absolute Gasteiger partial charge is 0.242 e. The number of rotatable bonds is 3. The fourth-order valence-corrected chi connectivity index (χ4v) is 1.44. The Morgan fingerprint density at radius 3 is 2.44 bits per heavy atom. The zero-order valence-corrected chi connectivity index (χ0v) is 9.71. The van der Waals surface area contributed by atoms with E-state index in [-0.39, 0.29) is 5.69 Å². The molecule has 6 heteroatoms. The lowest BCUT2D eigenvalue weighted by atomic mass is 10.3. The summed E-state index contributed by atoms with van der Waals surface area (Å²) in [6.45, 7) is 1.26. The first kappa shape index (κ1) is 12.6. The summed E-state index contributed by atoms with van der Waals surface area (Å²) in [6, 6.07) is 5.57. The van der Waals surface area contributed by atoms with Gasteiger partial charge in [0.1, 0.15) is 11.1 Å². The molecular weight excluding hydrogens is 233 g/mol. The number of carbonyl (C=O) groups excluding carboxylic acids is 1. The molecule has 0 unspecified atom stereocenters. The van der Waals surface area contributed by atoms with Gasteiger partial charge in [0.25, 0.3) is 0 Å². The van der Waals surface area contributed by atoms with Crippen molar-refractivity contribution < 1.29 is 17.6 Å². The molecule has 0 aromatic heterocycles. The van der Waals surface area contributed by atoms with Crippen molar-refractivity contribution in [1.82, 2.24) is 0 Å². The maximum Gasteiger partial charge on any atom is 0.242 e. The average Bonchev–Trinajstić information content (AvgIpc) is 2.19. The zero-order chi connectivity index (χ0) is 12.3. The van der Waals surface area contributed by atoms with E-state index in [9.17, 15) is 17.6 Å². The van der Waals surface area contributed by atoms with Crippen molar-refractivity contribution in [3.8, 4) is 0 Å². The van der Waals surface area contributed by atoms with Crippen LogP contribution in [-0.4, -0.2) is 25.8 Å². The summed E-state index contributed by atoms with van der Waals surface area (Å²) >= 11 is 0. The Bertz CT molecular complexity index is 499. The minimum atomic E-state index is -3.47. The predicted octanol–water partition coefficient (Wildman–Crippen LogP) is 1.20. The van der Waals surface area contributed by atoms with Crippen molar-refractivity contribution in [3.63, 3.8) is 0 Å². The number of para-hydroxylation sites is 1. The van der Waals surface area contributed by atoms with E-state index < -0.39 is 26.8 Å². The third kappa shape index (κ3) is 3.03. The van der Waals surface area contributed by atoms with Crippen LogP contribution in [-0.2, 0) is 14.6 Å². The Morgan fingerprint density at radius 2 is 1.94 bits per heavy atom. The van der Waals surface area contributed by atoms with Crippen LogP contribution in [0, 0.1) is 5.82 Å². The molecule has 0 aliphatic carbocycles. The second kappa shape index (κ2) is 4.61. The van der Waals surface area contributed by atoms with Crippen LogP contribution in [0.3, 0.4) is 0 Å². The van der Waals surface area contributed by atoms with E-state index in [1.165, 1.54) is 25.1 Å². The van der Waals surface area contributed by atoms with Gasteiger partial charge in [-0.1, -0.05) is 12.1 Å². The second-order valence-electron chi connectivity index (χ2n) is 3.44. The standard InChI is InChI=1S/C10H12FNO3S/c1-7(16(2,14)15)10(13)12-9-6-4-3-5-8(9)11/h3-7H,1-2H3,(H,12,13)/t7-/m0/s1. The molecule has 0 spiro atoms. The van der Waals surface area contributed by atoms with Crippen LogP contribution < -0.4 is 5.32 Å². The minimum absolute atomic E-state index is 0.0250. The number of sulfone groups is 1. The molecule has 1 rings (SSSR count). The minimum Gasteiger partial charge on any atom is -0.322 e. The molecular formula is C10H12FNO3S. The SMILES string of the molecule is C[C@@H](C(=O)Nc1ccccc1F)S(C)(=O)=O. The Kier molecular flexibility index (Phi) is 3.64. The van der Waals surface area contributed by atoms with Crippen LogP contribution in [0.15, 0.2) is 24.3 Å². The van der Waals surface area contributed by atoms with E-state index in [2.05, 4.69) is 5.32 Å². The Hall–Kier alpha value is -1.43. The molecule has 0 radical (unpaired) electrons. The predicted molar refractivity (Wildman–Crippen MR) is 59.3 cm³/mol. The topological polar surface area (TPSA) is 63.2 Å². The first-order valence-electron chi connectivity index (χ1n) is 4.56. The maximum atomic E-state index is 13.1. The number of carbonyl (C=O) groups is 1. The molecule has 0 bridgehead atoms. The zero-order valence-electron chi connectivity index (χ0n) is 8.90. The second-order valence-corrected chi connectivity index (χ2v) is 5.81. The van der Waals surface area contributed by atoms with E-state index in [0.717, 1.165) is 6.26 Å². The molecule has 16 heavy (non-hydrogen) atoms. The molecule has 1 atom stereocenters. The van der Waals surface area contributed by atoms with Crippen LogP contribution in [0.2, 0.25) is 0 Å². The third-order valence-electron chi connectivity index (χ3n) is 2.14. The van der Waals surface area contributed by atoms with Gasteiger partial charge in [0.2, 0.25) is 5.91 Å². The summed E-state index contributed by atoms with van der Waals surface area (Å²) in [4.78, 5) is 11.5. The van der Waals surface area contributed by atoms with Gasteiger partial charge in [-0.25, -0.2) is 12.8 Å². The molecule has 88 valence electrons. The number of benzene rings is 1. The largest absolute Gasteiger partial charge is 0.322 e. The molecule has 0 saturated heterocycles. The highest BCUT2D eigenvalue weighted by molar-refractivity contribution is 7.92. The molecule has 1 N–H and O–H groups in total. The summed E-state index contributed by atoms with van der Waals surface area (Å²) in [7, 11) is -3.47. The summed E-state index contributed by atoms with van der Waals surface area (Å²) in [5, 5.41) is 1.02. The highest BCUT2D eigenvalue weighted by Crippen LogP contribution is 2.13. The fourth-order valence-electron chi connectivity index (χ4n) is 0.991. The molecule has 0 aliphatic rings. The van der Waals surface area contributed by atoms with Crippen LogP contribution >= 0.6 is 0 Å². The Morgan fingerprint density at radius 1 is 1.38 bits per heavy atom. The Labute approximate surface area is 93.4 Å². The van der Waals surface area contributed by atoms with Crippen molar-refractivity contribution in [1.29, 1.82) is 0 Å². The van der Waals surface area contributed by atoms with Crippen LogP contribution in [0.4, 0.5) is 10.1 Å². The molecule has 0 saturated carbocycles. The van der Waals surface area contributed by atoms with Crippen molar-refractivity contribution in [2.24, 2.45) is 0 Å². The van der Waals surface area contributed by atoms with E-state index in [1.807, 2.05) is 0 Å². The van der Waals surface area contributed by atoms with E-state index in [1.54, 1.807) is 6.07 Å². The van der Waals surface area contributed by atoms with Gasteiger partial charge < -0.3 is 5.32 Å². The monoisotopic (exact) mass is 245 g/mol. The highest BCUT2D eigenvalue weighted by atomic mass is 32.2. The number of nitrogens with one attached hydrogen (secondary N) is 1. The number of halogens is 1. The maximum absolute atomic E-state index is 13.1. The van der Waals surface area contributed by atoms with Gasteiger partial charge >= 0.3 is 0 Å². The normalized spacial score (nSPS) is 13.2. The number of anilines is 1.